The third kappa shape index (κ3) is 3.43. The molecule has 0 atom stereocenters. The average Bonchev–Trinajstić information content (AvgIpc) is 2.74. The molecule has 0 aromatic carbocycles. The van der Waals surface area contributed by atoms with E-state index in [0.717, 1.165) is 18.7 Å². The zero-order valence-electron chi connectivity index (χ0n) is 13.2. The van der Waals surface area contributed by atoms with Crippen molar-refractivity contribution in [3.63, 3.8) is 0 Å². The Balaban J connectivity index is 1.98. The average molecular weight is 343 g/mol. The quantitative estimate of drug-likeness (QED) is 0.822. The summed E-state index contributed by atoms with van der Waals surface area (Å²) in [6, 6.07) is 0.699. The summed E-state index contributed by atoms with van der Waals surface area (Å²) in [5.41, 5.74) is 2.46. The van der Waals surface area contributed by atoms with Crippen LogP contribution >= 0.6 is 15.9 Å². The Bertz CT molecular complexity index is 435. The summed E-state index contributed by atoms with van der Waals surface area (Å²) in [6.07, 6.45) is 3.54. The molecular formula is C15H27BrN4. The summed E-state index contributed by atoms with van der Waals surface area (Å²) >= 11 is 3.72. The van der Waals surface area contributed by atoms with Crippen LogP contribution in [-0.4, -0.2) is 52.3 Å². The molecule has 1 aromatic heterocycles. The second kappa shape index (κ2) is 7.05. The van der Waals surface area contributed by atoms with Crippen LogP contribution in [0.1, 0.15) is 38.1 Å². The highest BCUT2D eigenvalue weighted by Crippen LogP contribution is 2.24. The minimum atomic E-state index is 0.699. The maximum atomic E-state index is 4.59. The Morgan fingerprint density at radius 3 is 2.45 bits per heavy atom. The van der Waals surface area contributed by atoms with E-state index < -0.39 is 0 Å². The number of aryl methyl sites for hydroxylation is 2. The summed E-state index contributed by atoms with van der Waals surface area (Å²) in [7, 11) is 4.30. The lowest BCUT2D eigenvalue weighted by atomic mass is 10.0. The standard InChI is InChI=1S/C15H27BrN4/c1-5-13-15(16)14(19(4)17-13)11-18(3)12-7-9-20(6-2)10-8-12/h12H,5-11H2,1-4H3. The van der Waals surface area contributed by atoms with Gasteiger partial charge in [-0.3, -0.25) is 9.58 Å². The van der Waals surface area contributed by atoms with Crippen LogP contribution in [0, 0.1) is 0 Å². The Morgan fingerprint density at radius 2 is 1.95 bits per heavy atom. The number of hydrogen-bond acceptors (Lipinski definition) is 3. The molecule has 0 aliphatic carbocycles. The molecule has 20 heavy (non-hydrogen) atoms. The fraction of sp³-hybridized carbons (Fsp3) is 0.800. The minimum Gasteiger partial charge on any atom is -0.303 e. The van der Waals surface area contributed by atoms with Crippen molar-refractivity contribution in [3.8, 4) is 0 Å². The van der Waals surface area contributed by atoms with Gasteiger partial charge in [0.1, 0.15) is 0 Å². The van der Waals surface area contributed by atoms with Crippen molar-refractivity contribution in [2.24, 2.45) is 7.05 Å². The van der Waals surface area contributed by atoms with Gasteiger partial charge in [-0.15, -0.1) is 0 Å². The maximum absolute atomic E-state index is 4.59. The molecule has 1 aromatic rings. The molecule has 1 saturated heterocycles. The first-order chi connectivity index (χ1) is 9.56. The summed E-state index contributed by atoms with van der Waals surface area (Å²) in [5.74, 6) is 0. The summed E-state index contributed by atoms with van der Waals surface area (Å²) < 4.78 is 3.22. The second-order valence-corrected chi connectivity index (χ2v) is 6.56. The van der Waals surface area contributed by atoms with Crippen molar-refractivity contribution >= 4 is 15.9 Å². The van der Waals surface area contributed by atoms with E-state index in [1.54, 1.807) is 0 Å². The first kappa shape index (κ1) is 16.0. The first-order valence-electron chi connectivity index (χ1n) is 7.69. The van der Waals surface area contributed by atoms with Crippen LogP contribution in [0.4, 0.5) is 0 Å². The van der Waals surface area contributed by atoms with Crippen molar-refractivity contribution in [3.05, 3.63) is 15.9 Å². The van der Waals surface area contributed by atoms with E-state index in [-0.39, 0.29) is 0 Å². The van der Waals surface area contributed by atoms with E-state index in [9.17, 15) is 0 Å². The van der Waals surface area contributed by atoms with Crippen LogP contribution in [0.5, 0.6) is 0 Å². The van der Waals surface area contributed by atoms with Crippen LogP contribution in [0.3, 0.4) is 0 Å². The van der Waals surface area contributed by atoms with Gasteiger partial charge in [-0.1, -0.05) is 13.8 Å². The third-order valence-corrected chi connectivity index (χ3v) is 5.45. The van der Waals surface area contributed by atoms with Gasteiger partial charge in [0.15, 0.2) is 0 Å². The Labute approximate surface area is 131 Å². The molecule has 0 N–H and O–H groups in total. The van der Waals surface area contributed by atoms with E-state index >= 15 is 0 Å². The fourth-order valence-electron chi connectivity index (χ4n) is 3.03. The highest BCUT2D eigenvalue weighted by molar-refractivity contribution is 9.10. The molecule has 0 saturated carbocycles. The van der Waals surface area contributed by atoms with Gasteiger partial charge < -0.3 is 4.90 Å². The van der Waals surface area contributed by atoms with Crippen LogP contribution in [0.25, 0.3) is 0 Å². The van der Waals surface area contributed by atoms with Crippen LogP contribution in [0.15, 0.2) is 4.47 Å². The van der Waals surface area contributed by atoms with Gasteiger partial charge in [0.05, 0.1) is 15.9 Å². The number of rotatable bonds is 5. The van der Waals surface area contributed by atoms with Crippen molar-refractivity contribution in [2.75, 3.05) is 26.7 Å². The van der Waals surface area contributed by atoms with Gasteiger partial charge in [0.2, 0.25) is 0 Å². The number of piperidine rings is 1. The van der Waals surface area contributed by atoms with E-state index in [4.69, 9.17) is 0 Å². The van der Waals surface area contributed by atoms with Gasteiger partial charge in [-0.25, -0.2) is 0 Å². The number of hydrogen-bond donors (Lipinski definition) is 0. The topological polar surface area (TPSA) is 24.3 Å². The van der Waals surface area contributed by atoms with Gasteiger partial charge >= 0.3 is 0 Å². The molecule has 1 aliphatic rings. The molecule has 114 valence electrons. The molecule has 2 rings (SSSR count). The number of likely N-dealkylation sites (tertiary alicyclic amines) is 1. The molecular weight excluding hydrogens is 316 g/mol. The summed E-state index contributed by atoms with van der Waals surface area (Å²) in [6.45, 7) is 9.03. The number of nitrogens with zero attached hydrogens (tertiary/aromatic N) is 4. The Morgan fingerprint density at radius 1 is 1.30 bits per heavy atom. The minimum absolute atomic E-state index is 0.699. The normalized spacial score (nSPS) is 18.1. The van der Waals surface area contributed by atoms with E-state index in [1.807, 2.05) is 11.7 Å². The van der Waals surface area contributed by atoms with Gasteiger partial charge in [0.25, 0.3) is 0 Å². The molecule has 4 nitrogen and oxygen atoms in total. The number of aromatic nitrogens is 2. The third-order valence-electron chi connectivity index (χ3n) is 4.53. The van der Waals surface area contributed by atoms with Crippen molar-refractivity contribution < 1.29 is 0 Å². The van der Waals surface area contributed by atoms with E-state index in [2.05, 4.69) is 51.7 Å². The van der Waals surface area contributed by atoms with E-state index in [1.165, 1.54) is 42.6 Å². The lowest BCUT2D eigenvalue weighted by Gasteiger charge is -2.36. The molecule has 1 aliphatic heterocycles. The molecule has 0 spiro atoms. The zero-order chi connectivity index (χ0) is 14.7. The summed E-state index contributed by atoms with van der Waals surface area (Å²) in [4.78, 5) is 5.04. The Hall–Kier alpha value is -0.390. The van der Waals surface area contributed by atoms with Crippen LogP contribution < -0.4 is 0 Å². The fourth-order valence-corrected chi connectivity index (χ4v) is 3.77. The maximum Gasteiger partial charge on any atom is 0.0767 e. The van der Waals surface area contributed by atoms with Crippen molar-refractivity contribution in [2.45, 2.75) is 45.7 Å². The summed E-state index contributed by atoms with van der Waals surface area (Å²) in [5, 5.41) is 4.59. The largest absolute Gasteiger partial charge is 0.303 e. The molecule has 0 unspecified atom stereocenters. The second-order valence-electron chi connectivity index (χ2n) is 5.77. The number of halogens is 1. The van der Waals surface area contributed by atoms with Crippen molar-refractivity contribution in [1.29, 1.82) is 0 Å². The molecule has 0 amide bonds. The van der Waals surface area contributed by atoms with Crippen molar-refractivity contribution in [1.82, 2.24) is 19.6 Å². The predicted molar refractivity (Wildman–Crippen MR) is 86.9 cm³/mol. The van der Waals surface area contributed by atoms with Gasteiger partial charge in [-0.2, -0.15) is 5.10 Å². The SMILES string of the molecule is CCc1nn(C)c(CN(C)C2CCN(CC)CC2)c1Br. The lowest BCUT2D eigenvalue weighted by molar-refractivity contribution is 0.125. The zero-order valence-corrected chi connectivity index (χ0v) is 14.8. The predicted octanol–water partition coefficient (Wildman–Crippen LogP) is 2.66. The highest BCUT2D eigenvalue weighted by Gasteiger charge is 2.23. The molecule has 5 heteroatoms. The molecule has 2 heterocycles. The Kier molecular flexibility index (Phi) is 5.64. The first-order valence-corrected chi connectivity index (χ1v) is 8.48. The van der Waals surface area contributed by atoms with E-state index in [0.29, 0.717) is 6.04 Å². The lowest BCUT2D eigenvalue weighted by Crippen LogP contribution is -2.43. The van der Waals surface area contributed by atoms with Crippen LogP contribution in [-0.2, 0) is 20.0 Å². The smallest absolute Gasteiger partial charge is 0.0767 e. The molecule has 1 fully saturated rings. The molecule has 0 radical (unpaired) electrons. The van der Waals surface area contributed by atoms with Gasteiger partial charge in [-0.05, 0) is 61.9 Å². The highest BCUT2D eigenvalue weighted by atomic mass is 79.9. The van der Waals surface area contributed by atoms with Crippen LogP contribution in [0.2, 0.25) is 0 Å². The monoisotopic (exact) mass is 342 g/mol. The van der Waals surface area contributed by atoms with Gasteiger partial charge in [0, 0.05) is 19.6 Å². The molecule has 0 bridgehead atoms.